The number of carbonyl (C=O) groups is 1. The van der Waals surface area contributed by atoms with Crippen LogP contribution in [0, 0.1) is 0 Å². The van der Waals surface area contributed by atoms with E-state index in [9.17, 15) is 4.79 Å². The third-order valence-corrected chi connectivity index (χ3v) is 2.62. The molecule has 0 unspecified atom stereocenters. The summed E-state index contributed by atoms with van der Waals surface area (Å²) in [7, 11) is 0. The Balaban J connectivity index is 2.39. The molecule has 0 amide bonds. The molecule has 0 aliphatic rings. The first-order chi connectivity index (χ1) is 8.25. The zero-order valence-electron chi connectivity index (χ0n) is 9.23. The summed E-state index contributed by atoms with van der Waals surface area (Å²) in [5.74, 6) is -0.0114. The van der Waals surface area contributed by atoms with E-state index in [4.69, 9.17) is 4.74 Å². The van der Waals surface area contributed by atoms with Crippen LogP contribution in [0.1, 0.15) is 6.92 Å². The summed E-state index contributed by atoms with van der Waals surface area (Å²) in [6.45, 7) is 1.37. The van der Waals surface area contributed by atoms with Crippen molar-refractivity contribution in [3.8, 4) is 5.88 Å². The number of pyridine rings is 1. The zero-order chi connectivity index (χ0) is 11.8. The maximum atomic E-state index is 11.0. The molecule has 17 heavy (non-hydrogen) atoms. The van der Waals surface area contributed by atoms with Crippen LogP contribution in [0.4, 0.5) is 0 Å². The maximum absolute atomic E-state index is 11.0. The lowest BCUT2D eigenvalue weighted by molar-refractivity contribution is -0.132. The number of nitrogens with one attached hydrogen (secondary N) is 1. The number of H-pyrrole nitrogens is 1. The number of para-hydroxylation sites is 1. The molecule has 0 radical (unpaired) electrons. The smallest absolute Gasteiger partial charge is 0.309 e. The SMILES string of the molecule is CC(=O)Oc1nccc2[nH]c3ccccc3c12. The van der Waals surface area contributed by atoms with Gasteiger partial charge in [-0.3, -0.25) is 4.79 Å². The minimum absolute atomic E-state index is 0.354. The van der Waals surface area contributed by atoms with Crippen molar-refractivity contribution in [1.82, 2.24) is 9.97 Å². The summed E-state index contributed by atoms with van der Waals surface area (Å²) in [5.41, 5.74) is 1.92. The molecule has 0 fully saturated rings. The highest BCUT2D eigenvalue weighted by atomic mass is 16.5. The molecule has 0 aliphatic carbocycles. The number of aromatic nitrogens is 2. The summed E-state index contributed by atoms with van der Waals surface area (Å²) in [5, 5.41) is 1.85. The Morgan fingerprint density at radius 2 is 2.06 bits per heavy atom. The molecule has 3 rings (SSSR count). The number of fused-ring (bicyclic) bond motifs is 3. The second kappa shape index (κ2) is 3.59. The third kappa shape index (κ3) is 1.54. The van der Waals surface area contributed by atoms with Gasteiger partial charge in [-0.25, -0.2) is 4.98 Å². The van der Waals surface area contributed by atoms with Crippen LogP contribution in [-0.2, 0) is 4.79 Å². The van der Waals surface area contributed by atoms with Crippen molar-refractivity contribution >= 4 is 27.8 Å². The number of carbonyl (C=O) groups excluding carboxylic acids is 1. The summed E-state index contributed by atoms with van der Waals surface area (Å²) in [4.78, 5) is 18.4. The zero-order valence-corrected chi connectivity index (χ0v) is 9.23. The van der Waals surface area contributed by atoms with Crippen molar-refractivity contribution in [2.75, 3.05) is 0 Å². The van der Waals surface area contributed by atoms with Gasteiger partial charge < -0.3 is 9.72 Å². The number of hydrogen-bond donors (Lipinski definition) is 1. The predicted octanol–water partition coefficient (Wildman–Crippen LogP) is 2.64. The van der Waals surface area contributed by atoms with Gasteiger partial charge in [-0.05, 0) is 12.1 Å². The van der Waals surface area contributed by atoms with Crippen LogP contribution in [0.25, 0.3) is 21.8 Å². The van der Waals surface area contributed by atoms with Gasteiger partial charge in [0, 0.05) is 24.0 Å². The van der Waals surface area contributed by atoms with Crippen molar-refractivity contribution < 1.29 is 9.53 Å². The quantitative estimate of drug-likeness (QED) is 0.649. The van der Waals surface area contributed by atoms with Crippen LogP contribution < -0.4 is 4.74 Å². The molecule has 4 heteroatoms. The van der Waals surface area contributed by atoms with Gasteiger partial charge in [-0.2, -0.15) is 0 Å². The Morgan fingerprint density at radius 1 is 1.24 bits per heavy atom. The third-order valence-electron chi connectivity index (χ3n) is 2.62. The van der Waals surface area contributed by atoms with E-state index in [2.05, 4.69) is 9.97 Å². The molecule has 1 aromatic carbocycles. The standard InChI is InChI=1S/C13H10N2O2/c1-8(16)17-13-12-9-4-2-3-5-10(9)15-11(12)6-7-14-13/h2-7,15H,1H3. The molecule has 1 N–H and O–H groups in total. The van der Waals surface area contributed by atoms with Gasteiger partial charge in [0.05, 0.1) is 10.9 Å². The van der Waals surface area contributed by atoms with E-state index in [1.54, 1.807) is 6.20 Å². The number of rotatable bonds is 1. The highest BCUT2D eigenvalue weighted by molar-refractivity contribution is 6.10. The first-order valence-electron chi connectivity index (χ1n) is 5.29. The molecule has 84 valence electrons. The van der Waals surface area contributed by atoms with Crippen LogP contribution in [0.5, 0.6) is 5.88 Å². The van der Waals surface area contributed by atoms with Crippen LogP contribution in [0.3, 0.4) is 0 Å². The van der Waals surface area contributed by atoms with E-state index < -0.39 is 0 Å². The first kappa shape index (κ1) is 9.84. The summed E-state index contributed by atoms with van der Waals surface area (Å²) in [6, 6.07) is 9.72. The average Bonchev–Trinajstić information content (AvgIpc) is 2.67. The number of aromatic amines is 1. The van der Waals surface area contributed by atoms with Crippen molar-refractivity contribution in [3.63, 3.8) is 0 Å². The lowest BCUT2D eigenvalue weighted by atomic mass is 10.2. The lowest BCUT2D eigenvalue weighted by Gasteiger charge is -2.01. The Bertz CT molecular complexity index is 716. The Labute approximate surface area is 97.2 Å². The van der Waals surface area contributed by atoms with E-state index in [0.29, 0.717) is 5.88 Å². The van der Waals surface area contributed by atoms with Gasteiger partial charge in [-0.1, -0.05) is 18.2 Å². The van der Waals surface area contributed by atoms with Crippen molar-refractivity contribution in [3.05, 3.63) is 36.5 Å². The molecule has 4 nitrogen and oxygen atoms in total. The van der Waals surface area contributed by atoms with Gasteiger partial charge in [-0.15, -0.1) is 0 Å². The van der Waals surface area contributed by atoms with Crippen molar-refractivity contribution in [1.29, 1.82) is 0 Å². The number of ether oxygens (including phenoxy) is 1. The molecular formula is C13H10N2O2. The molecule has 0 atom stereocenters. The fourth-order valence-corrected chi connectivity index (χ4v) is 1.98. The summed E-state index contributed by atoms with van der Waals surface area (Å²) < 4.78 is 5.12. The van der Waals surface area contributed by atoms with Crippen LogP contribution in [-0.4, -0.2) is 15.9 Å². The van der Waals surface area contributed by atoms with Gasteiger partial charge in [0.25, 0.3) is 0 Å². The molecule has 0 saturated carbocycles. The van der Waals surface area contributed by atoms with Crippen LogP contribution >= 0.6 is 0 Å². The topological polar surface area (TPSA) is 55.0 Å². The number of esters is 1. The second-order valence-electron chi connectivity index (χ2n) is 3.80. The minimum atomic E-state index is -0.365. The fourth-order valence-electron chi connectivity index (χ4n) is 1.98. The van der Waals surface area contributed by atoms with Gasteiger partial charge in [0.1, 0.15) is 0 Å². The van der Waals surface area contributed by atoms with E-state index in [0.717, 1.165) is 21.8 Å². The van der Waals surface area contributed by atoms with E-state index in [1.807, 2.05) is 30.3 Å². The number of hydrogen-bond acceptors (Lipinski definition) is 3. The maximum Gasteiger partial charge on any atom is 0.309 e. The highest BCUT2D eigenvalue weighted by Crippen LogP contribution is 2.31. The Hall–Kier alpha value is -2.36. The van der Waals surface area contributed by atoms with Crippen LogP contribution in [0.15, 0.2) is 36.5 Å². The minimum Gasteiger partial charge on any atom is -0.407 e. The van der Waals surface area contributed by atoms with Crippen molar-refractivity contribution in [2.45, 2.75) is 6.92 Å². The van der Waals surface area contributed by atoms with Crippen molar-refractivity contribution in [2.24, 2.45) is 0 Å². The largest absolute Gasteiger partial charge is 0.407 e. The van der Waals surface area contributed by atoms with Gasteiger partial charge in [0.2, 0.25) is 5.88 Å². The van der Waals surface area contributed by atoms with E-state index in [1.165, 1.54) is 6.92 Å². The molecular weight excluding hydrogens is 216 g/mol. The molecule has 0 bridgehead atoms. The van der Waals surface area contributed by atoms with Gasteiger partial charge >= 0.3 is 5.97 Å². The van der Waals surface area contributed by atoms with Crippen LogP contribution in [0.2, 0.25) is 0 Å². The molecule has 0 spiro atoms. The second-order valence-corrected chi connectivity index (χ2v) is 3.80. The predicted molar refractivity (Wildman–Crippen MR) is 64.9 cm³/mol. The molecule has 2 heterocycles. The lowest BCUT2D eigenvalue weighted by Crippen LogP contribution is -2.03. The van der Waals surface area contributed by atoms with Gasteiger partial charge in [0.15, 0.2) is 0 Å². The summed E-state index contributed by atoms with van der Waals surface area (Å²) >= 11 is 0. The monoisotopic (exact) mass is 226 g/mol. The molecule has 3 aromatic rings. The highest BCUT2D eigenvalue weighted by Gasteiger charge is 2.11. The number of benzene rings is 1. The molecule has 0 saturated heterocycles. The molecule has 2 aromatic heterocycles. The summed E-state index contributed by atoms with van der Waals surface area (Å²) in [6.07, 6.45) is 1.62. The Kier molecular flexibility index (Phi) is 2.08. The number of nitrogens with zero attached hydrogens (tertiary/aromatic N) is 1. The average molecular weight is 226 g/mol. The fraction of sp³-hybridized carbons (Fsp3) is 0.0769. The first-order valence-corrected chi connectivity index (χ1v) is 5.29. The van der Waals surface area contributed by atoms with E-state index >= 15 is 0 Å². The normalized spacial score (nSPS) is 10.9. The van der Waals surface area contributed by atoms with E-state index in [-0.39, 0.29) is 5.97 Å². The Morgan fingerprint density at radius 3 is 2.88 bits per heavy atom. The molecule has 0 aliphatic heterocycles.